The van der Waals surface area contributed by atoms with E-state index in [1.807, 2.05) is 0 Å². The molecule has 9 aromatic rings. The van der Waals surface area contributed by atoms with Crippen molar-refractivity contribution in [2.45, 2.75) is 6.42 Å². The molecule has 0 unspecified atom stereocenters. The van der Waals surface area contributed by atoms with Gasteiger partial charge in [-0.05, 0) is 101 Å². The summed E-state index contributed by atoms with van der Waals surface area (Å²) in [6.07, 6.45) is 0.815. The summed E-state index contributed by atoms with van der Waals surface area (Å²) in [5.41, 5.74) is 15.5. The fourth-order valence-electron chi connectivity index (χ4n) is 8.07. The number of hydrogen-bond donors (Lipinski definition) is 0. The van der Waals surface area contributed by atoms with Crippen molar-refractivity contribution in [3.63, 3.8) is 0 Å². The lowest BCUT2D eigenvalue weighted by molar-refractivity contribution is 1.01. The van der Waals surface area contributed by atoms with Crippen molar-refractivity contribution in [1.82, 2.24) is 4.57 Å². The van der Waals surface area contributed by atoms with Gasteiger partial charge in [0.05, 0.1) is 11.2 Å². The first-order valence-electron chi connectivity index (χ1n) is 18.6. The predicted octanol–water partition coefficient (Wildman–Crippen LogP) is 13.8. The highest BCUT2D eigenvalue weighted by Gasteiger charge is 2.31. The van der Waals surface area contributed by atoms with Crippen molar-refractivity contribution in [2.75, 3.05) is 9.80 Å². The highest BCUT2D eigenvalue weighted by Crippen LogP contribution is 2.50. The number of fused-ring (bicyclic) bond motifs is 4. The number of para-hydroxylation sites is 3. The van der Waals surface area contributed by atoms with Gasteiger partial charge in [0.1, 0.15) is 5.82 Å². The fourth-order valence-corrected chi connectivity index (χ4v) is 8.07. The van der Waals surface area contributed by atoms with Crippen molar-refractivity contribution in [3.05, 3.63) is 223 Å². The van der Waals surface area contributed by atoms with Crippen LogP contribution in [0.1, 0.15) is 11.1 Å². The Labute approximate surface area is 316 Å². The van der Waals surface area contributed by atoms with Crippen molar-refractivity contribution >= 4 is 45.2 Å². The Bertz CT molecular complexity index is 2620. The van der Waals surface area contributed by atoms with Crippen LogP contribution >= 0.6 is 0 Å². The van der Waals surface area contributed by atoms with E-state index < -0.39 is 0 Å². The largest absolute Gasteiger partial charge is 0.310 e. The lowest BCUT2D eigenvalue weighted by Crippen LogP contribution is -2.21. The molecule has 10 rings (SSSR count). The van der Waals surface area contributed by atoms with Crippen LogP contribution in [-0.4, -0.2) is 4.57 Å². The Hall–Kier alpha value is -7.10. The summed E-state index contributed by atoms with van der Waals surface area (Å²) in [5, 5.41) is 1.28. The molecule has 1 aliphatic rings. The Morgan fingerprint density at radius 1 is 0.389 bits per heavy atom. The predicted molar refractivity (Wildman–Crippen MR) is 226 cm³/mol. The molecule has 2 heterocycles. The third-order valence-electron chi connectivity index (χ3n) is 10.6. The van der Waals surface area contributed by atoms with Crippen LogP contribution < -0.4 is 9.80 Å². The molecule has 3 heteroatoms. The van der Waals surface area contributed by atoms with E-state index in [0.29, 0.717) is 0 Å². The number of benzene rings is 8. The summed E-state index contributed by atoms with van der Waals surface area (Å²) < 4.78 is 2.43. The van der Waals surface area contributed by atoms with E-state index in [2.05, 4.69) is 227 Å². The Balaban J connectivity index is 1.14. The molecule has 256 valence electrons. The molecule has 1 aromatic heterocycles. The van der Waals surface area contributed by atoms with E-state index in [1.165, 1.54) is 55.8 Å². The first-order valence-corrected chi connectivity index (χ1v) is 18.6. The van der Waals surface area contributed by atoms with Crippen LogP contribution in [0.3, 0.4) is 0 Å². The molecular formula is C51H37N3. The van der Waals surface area contributed by atoms with Crippen LogP contribution in [0.15, 0.2) is 212 Å². The van der Waals surface area contributed by atoms with Crippen molar-refractivity contribution < 1.29 is 0 Å². The van der Waals surface area contributed by atoms with Crippen LogP contribution in [0.25, 0.3) is 38.8 Å². The van der Waals surface area contributed by atoms with Gasteiger partial charge in [-0.25, -0.2) is 0 Å². The minimum Gasteiger partial charge on any atom is -0.310 e. The molecule has 54 heavy (non-hydrogen) atoms. The molecule has 0 spiro atoms. The number of anilines is 6. The fraction of sp³-hybridized carbons (Fsp3) is 0.0196. The molecule has 1 aliphatic heterocycles. The second kappa shape index (κ2) is 13.5. The summed E-state index contributed by atoms with van der Waals surface area (Å²) in [7, 11) is 0. The number of hydrogen-bond acceptors (Lipinski definition) is 2. The molecule has 0 N–H and O–H groups in total. The van der Waals surface area contributed by atoms with Gasteiger partial charge in [0, 0.05) is 45.8 Å². The molecular weight excluding hydrogens is 655 g/mol. The average molecular weight is 692 g/mol. The van der Waals surface area contributed by atoms with E-state index in [0.717, 1.165) is 34.9 Å². The maximum Gasteiger partial charge on any atom is 0.127 e. The van der Waals surface area contributed by atoms with E-state index >= 15 is 0 Å². The maximum absolute atomic E-state index is 2.46. The first kappa shape index (κ1) is 31.6. The molecule has 0 bridgehead atoms. The molecule has 0 saturated heterocycles. The van der Waals surface area contributed by atoms with Gasteiger partial charge < -0.3 is 4.90 Å². The van der Waals surface area contributed by atoms with Crippen molar-refractivity contribution in [3.8, 4) is 27.9 Å². The molecule has 0 fully saturated rings. The number of aromatic nitrogens is 1. The standard InChI is InChI=1S/C51H37N3/c1-5-15-37(16-6-1)39-25-29-44(30-26-39)52(45-31-27-40(28-32-45)38-17-7-2-8-18-38)46-33-34-49-41(35-46)36-48-47-23-13-14-24-50(47)54(43-21-11-4-12-22-43)51(48)53(49)42-19-9-3-10-20-42/h1-35H,36H2. The summed E-state index contributed by atoms with van der Waals surface area (Å²) in [6, 6.07) is 76.5. The second-order valence-corrected chi connectivity index (χ2v) is 13.8. The van der Waals surface area contributed by atoms with Crippen LogP contribution in [0, 0.1) is 0 Å². The van der Waals surface area contributed by atoms with Gasteiger partial charge >= 0.3 is 0 Å². The molecule has 0 atom stereocenters. The smallest absolute Gasteiger partial charge is 0.127 e. The van der Waals surface area contributed by atoms with Crippen LogP contribution in [0.2, 0.25) is 0 Å². The minimum atomic E-state index is 0.815. The van der Waals surface area contributed by atoms with Gasteiger partial charge in [0.15, 0.2) is 0 Å². The molecule has 8 aromatic carbocycles. The normalized spacial score (nSPS) is 12.0. The van der Waals surface area contributed by atoms with Crippen molar-refractivity contribution in [2.24, 2.45) is 0 Å². The van der Waals surface area contributed by atoms with Gasteiger partial charge in [0.25, 0.3) is 0 Å². The molecule has 0 saturated carbocycles. The highest BCUT2D eigenvalue weighted by molar-refractivity contribution is 5.98. The van der Waals surface area contributed by atoms with E-state index in [1.54, 1.807) is 0 Å². The average Bonchev–Trinajstić information content (AvgIpc) is 3.58. The van der Waals surface area contributed by atoms with Gasteiger partial charge in [-0.1, -0.05) is 140 Å². The summed E-state index contributed by atoms with van der Waals surface area (Å²) in [6.45, 7) is 0. The third kappa shape index (κ3) is 5.55. The van der Waals surface area contributed by atoms with Gasteiger partial charge in [-0.15, -0.1) is 0 Å². The maximum atomic E-state index is 2.46. The number of rotatable bonds is 7. The zero-order valence-electron chi connectivity index (χ0n) is 29.8. The first-order chi connectivity index (χ1) is 26.8. The van der Waals surface area contributed by atoms with E-state index in [9.17, 15) is 0 Å². The molecule has 0 amide bonds. The summed E-state index contributed by atoms with van der Waals surface area (Å²) >= 11 is 0. The summed E-state index contributed by atoms with van der Waals surface area (Å²) in [5.74, 6) is 1.19. The zero-order valence-corrected chi connectivity index (χ0v) is 29.8. The molecule has 3 nitrogen and oxygen atoms in total. The Morgan fingerprint density at radius 3 is 1.43 bits per heavy atom. The topological polar surface area (TPSA) is 11.4 Å². The summed E-state index contributed by atoms with van der Waals surface area (Å²) in [4.78, 5) is 4.85. The van der Waals surface area contributed by atoms with Crippen LogP contribution in [-0.2, 0) is 6.42 Å². The van der Waals surface area contributed by atoms with Crippen LogP contribution in [0.4, 0.5) is 34.3 Å². The number of nitrogens with zero attached hydrogens (tertiary/aromatic N) is 3. The Kier molecular flexibility index (Phi) is 7.88. The monoisotopic (exact) mass is 691 g/mol. The lowest BCUT2D eigenvalue weighted by Gasteiger charge is -2.35. The quantitative estimate of drug-likeness (QED) is 0.165. The highest BCUT2D eigenvalue weighted by atomic mass is 15.3. The SMILES string of the molecule is c1ccc(-c2ccc(N(c3ccc(-c4ccccc4)cc3)c3ccc4c(c3)Cc3c(n(-c5ccccc5)c5ccccc35)N4c3ccccc3)cc2)cc1. The zero-order chi connectivity index (χ0) is 35.8. The van der Waals surface area contributed by atoms with Gasteiger partial charge in [-0.2, -0.15) is 0 Å². The van der Waals surface area contributed by atoms with E-state index in [4.69, 9.17) is 0 Å². The molecule has 0 aliphatic carbocycles. The van der Waals surface area contributed by atoms with Gasteiger partial charge in [0.2, 0.25) is 0 Å². The van der Waals surface area contributed by atoms with Crippen molar-refractivity contribution in [1.29, 1.82) is 0 Å². The lowest BCUT2D eigenvalue weighted by atomic mass is 9.95. The third-order valence-corrected chi connectivity index (χ3v) is 10.6. The second-order valence-electron chi connectivity index (χ2n) is 13.8. The van der Waals surface area contributed by atoms with Crippen LogP contribution in [0.5, 0.6) is 0 Å². The Morgan fingerprint density at radius 2 is 0.852 bits per heavy atom. The van der Waals surface area contributed by atoms with E-state index in [-0.39, 0.29) is 0 Å². The van der Waals surface area contributed by atoms with Gasteiger partial charge in [-0.3, -0.25) is 9.47 Å². The molecule has 0 radical (unpaired) electrons. The minimum absolute atomic E-state index is 0.815.